The van der Waals surface area contributed by atoms with E-state index in [2.05, 4.69) is 0 Å². The van der Waals surface area contributed by atoms with Crippen molar-refractivity contribution in [2.24, 2.45) is 5.92 Å². The van der Waals surface area contributed by atoms with Crippen LogP contribution < -0.4 is 0 Å². The number of nitrogens with zero attached hydrogens (tertiary/aromatic N) is 2. The first kappa shape index (κ1) is 21.7. The van der Waals surface area contributed by atoms with Gasteiger partial charge >= 0.3 is 6.18 Å². The quantitative estimate of drug-likeness (QED) is 0.753. The van der Waals surface area contributed by atoms with Crippen molar-refractivity contribution in [2.75, 3.05) is 20.1 Å². The minimum absolute atomic E-state index is 0.0271. The number of sulfonamides is 1. The van der Waals surface area contributed by atoms with Crippen molar-refractivity contribution in [3.8, 4) is 0 Å². The number of rotatable bonds is 5. The normalized spacial score (nSPS) is 18.3. The van der Waals surface area contributed by atoms with Gasteiger partial charge in [0.15, 0.2) is 0 Å². The first-order valence-corrected chi connectivity index (χ1v) is 10.4. The summed E-state index contributed by atoms with van der Waals surface area (Å²) in [6.45, 7) is 3.96. The van der Waals surface area contributed by atoms with Crippen LogP contribution in [0.4, 0.5) is 13.2 Å². The molecule has 5 nitrogen and oxygen atoms in total. The summed E-state index contributed by atoms with van der Waals surface area (Å²) in [7, 11) is -2.56. The predicted octanol–water partition coefficient (Wildman–Crippen LogP) is 3.36. The summed E-state index contributed by atoms with van der Waals surface area (Å²) in [4.78, 5) is 13.4. The van der Waals surface area contributed by atoms with Crippen LogP contribution in [0.25, 0.3) is 0 Å². The van der Waals surface area contributed by atoms with E-state index in [1.165, 1.54) is 6.07 Å². The molecule has 27 heavy (non-hydrogen) atoms. The molecule has 152 valence electrons. The molecule has 0 radical (unpaired) electrons. The first-order valence-electron chi connectivity index (χ1n) is 8.93. The molecule has 0 spiro atoms. The molecule has 0 bridgehead atoms. The van der Waals surface area contributed by atoms with Crippen LogP contribution in [-0.4, -0.2) is 49.7 Å². The molecule has 1 aliphatic heterocycles. The van der Waals surface area contributed by atoms with Crippen LogP contribution in [0.15, 0.2) is 29.2 Å². The van der Waals surface area contributed by atoms with Crippen molar-refractivity contribution < 1.29 is 26.4 Å². The molecule has 0 aromatic heterocycles. The number of hydrogen-bond acceptors (Lipinski definition) is 3. The highest BCUT2D eigenvalue weighted by Gasteiger charge is 2.40. The van der Waals surface area contributed by atoms with Gasteiger partial charge in [-0.3, -0.25) is 4.79 Å². The maximum absolute atomic E-state index is 13.2. The van der Waals surface area contributed by atoms with Crippen molar-refractivity contribution in [2.45, 2.75) is 50.2 Å². The van der Waals surface area contributed by atoms with E-state index in [0.717, 1.165) is 28.9 Å². The van der Waals surface area contributed by atoms with Gasteiger partial charge in [0.1, 0.15) is 0 Å². The Bertz CT molecular complexity index is 772. The summed E-state index contributed by atoms with van der Waals surface area (Å²) in [5.74, 6) is -0.356. The number of hydrogen-bond donors (Lipinski definition) is 0. The van der Waals surface area contributed by atoms with Crippen molar-refractivity contribution in [3.63, 3.8) is 0 Å². The Morgan fingerprint density at radius 3 is 2.33 bits per heavy atom. The van der Waals surface area contributed by atoms with Gasteiger partial charge in [-0.05, 0) is 38.3 Å². The van der Waals surface area contributed by atoms with Crippen molar-refractivity contribution >= 4 is 15.9 Å². The molecule has 0 saturated carbocycles. The number of halogens is 3. The van der Waals surface area contributed by atoms with Gasteiger partial charge in [0.05, 0.1) is 10.5 Å². The van der Waals surface area contributed by atoms with Crippen LogP contribution in [0.3, 0.4) is 0 Å². The van der Waals surface area contributed by atoms with Gasteiger partial charge in [-0.2, -0.15) is 17.5 Å². The summed E-state index contributed by atoms with van der Waals surface area (Å²) >= 11 is 0. The van der Waals surface area contributed by atoms with Crippen molar-refractivity contribution in [1.29, 1.82) is 0 Å². The Kier molecular flexibility index (Phi) is 6.57. The van der Waals surface area contributed by atoms with Gasteiger partial charge in [0, 0.05) is 32.1 Å². The van der Waals surface area contributed by atoms with Gasteiger partial charge in [-0.25, -0.2) is 8.42 Å². The number of benzene rings is 1. The number of carbonyl (C=O) groups excluding carboxylic acids is 1. The summed E-state index contributed by atoms with van der Waals surface area (Å²) in [5.41, 5.74) is -1.17. The Morgan fingerprint density at radius 1 is 1.26 bits per heavy atom. The van der Waals surface area contributed by atoms with E-state index in [4.69, 9.17) is 0 Å². The van der Waals surface area contributed by atoms with Gasteiger partial charge in [0.2, 0.25) is 15.9 Å². The zero-order valence-corrected chi connectivity index (χ0v) is 16.5. The van der Waals surface area contributed by atoms with Crippen LogP contribution in [-0.2, 0) is 21.0 Å². The van der Waals surface area contributed by atoms with Gasteiger partial charge < -0.3 is 4.90 Å². The molecule has 0 N–H and O–H groups in total. The molecule has 2 rings (SSSR count). The predicted molar refractivity (Wildman–Crippen MR) is 95.4 cm³/mol. The van der Waals surface area contributed by atoms with Crippen LogP contribution >= 0.6 is 0 Å². The standard InChI is InChI=1S/C18H25F3N2O3S/c1-4-13(2)22(3)17(24)14-9-11-23(12-10-14)27(25,26)16-8-6-5-7-15(16)18(19,20)21/h5-8,13-14H,4,9-12H2,1-3H3. The fourth-order valence-electron chi connectivity index (χ4n) is 3.19. The van der Waals surface area contributed by atoms with E-state index in [0.29, 0.717) is 12.8 Å². The van der Waals surface area contributed by atoms with Crippen molar-refractivity contribution in [3.05, 3.63) is 29.8 Å². The first-order chi connectivity index (χ1) is 12.5. The highest BCUT2D eigenvalue weighted by atomic mass is 32.2. The molecule has 1 aromatic rings. The highest BCUT2D eigenvalue weighted by Crippen LogP contribution is 2.36. The second-order valence-electron chi connectivity index (χ2n) is 6.88. The van der Waals surface area contributed by atoms with E-state index in [-0.39, 0.29) is 31.0 Å². The SMILES string of the molecule is CCC(C)N(C)C(=O)C1CCN(S(=O)(=O)c2ccccc2C(F)(F)F)CC1. The zero-order valence-electron chi connectivity index (χ0n) is 15.7. The summed E-state index contributed by atoms with van der Waals surface area (Å²) in [6.07, 6.45) is -3.35. The van der Waals surface area contributed by atoms with Crippen molar-refractivity contribution in [1.82, 2.24) is 9.21 Å². The zero-order chi connectivity index (χ0) is 20.4. The minimum atomic E-state index is -4.75. The summed E-state index contributed by atoms with van der Waals surface area (Å²) in [6, 6.07) is 4.27. The highest BCUT2D eigenvalue weighted by molar-refractivity contribution is 7.89. The smallest absolute Gasteiger partial charge is 0.343 e. The Balaban J connectivity index is 2.16. The average molecular weight is 406 g/mol. The van der Waals surface area contributed by atoms with E-state index < -0.39 is 26.7 Å². The largest absolute Gasteiger partial charge is 0.417 e. The Morgan fingerprint density at radius 2 is 1.81 bits per heavy atom. The maximum atomic E-state index is 13.2. The van der Waals surface area contributed by atoms with Crippen LogP contribution in [0.1, 0.15) is 38.7 Å². The average Bonchev–Trinajstić information content (AvgIpc) is 2.65. The molecule has 9 heteroatoms. The minimum Gasteiger partial charge on any atom is -0.343 e. The van der Waals surface area contributed by atoms with E-state index in [1.54, 1.807) is 11.9 Å². The second-order valence-corrected chi connectivity index (χ2v) is 8.79. The number of amides is 1. The van der Waals surface area contributed by atoms with Gasteiger partial charge in [-0.1, -0.05) is 19.1 Å². The Hall–Kier alpha value is -1.61. The molecule has 1 aromatic carbocycles. The fraction of sp³-hybridized carbons (Fsp3) is 0.611. The molecule has 1 aliphatic rings. The van der Waals surface area contributed by atoms with E-state index in [9.17, 15) is 26.4 Å². The van der Waals surface area contributed by atoms with Gasteiger partial charge in [0.25, 0.3) is 0 Å². The number of carbonyl (C=O) groups is 1. The monoisotopic (exact) mass is 406 g/mol. The third-order valence-electron chi connectivity index (χ3n) is 5.21. The summed E-state index contributed by atoms with van der Waals surface area (Å²) in [5, 5.41) is 0. The lowest BCUT2D eigenvalue weighted by Crippen LogP contribution is -2.45. The third-order valence-corrected chi connectivity index (χ3v) is 7.17. The molecule has 1 fully saturated rings. The van der Waals surface area contributed by atoms with E-state index in [1.807, 2.05) is 13.8 Å². The molecule has 1 unspecified atom stereocenters. The fourth-order valence-corrected chi connectivity index (χ4v) is 4.87. The molecule has 1 amide bonds. The maximum Gasteiger partial charge on any atom is 0.417 e. The Labute approximate surface area is 158 Å². The molecule has 1 atom stereocenters. The molecule has 1 heterocycles. The van der Waals surface area contributed by atoms with E-state index >= 15 is 0 Å². The van der Waals surface area contributed by atoms with Gasteiger partial charge in [-0.15, -0.1) is 0 Å². The number of alkyl halides is 3. The molecule has 0 aliphatic carbocycles. The molecular weight excluding hydrogens is 381 g/mol. The lowest BCUT2D eigenvalue weighted by atomic mass is 9.96. The van der Waals surface area contributed by atoms with Crippen LogP contribution in [0.2, 0.25) is 0 Å². The lowest BCUT2D eigenvalue weighted by Gasteiger charge is -2.34. The van der Waals surface area contributed by atoms with Crippen LogP contribution in [0, 0.1) is 5.92 Å². The summed E-state index contributed by atoms with van der Waals surface area (Å²) < 4.78 is 66.1. The number of piperidine rings is 1. The van der Waals surface area contributed by atoms with Crippen LogP contribution in [0.5, 0.6) is 0 Å². The molecular formula is C18H25F3N2O3S. The third kappa shape index (κ3) is 4.63. The lowest BCUT2D eigenvalue weighted by molar-refractivity contribution is -0.140. The molecule has 1 saturated heterocycles. The topological polar surface area (TPSA) is 57.7 Å². The second kappa shape index (κ2) is 8.18.